The summed E-state index contributed by atoms with van der Waals surface area (Å²) < 4.78 is 0. The van der Waals surface area contributed by atoms with Crippen LogP contribution in [0.15, 0.2) is 12.1 Å². The van der Waals surface area contributed by atoms with E-state index < -0.39 is 22.4 Å². The van der Waals surface area contributed by atoms with Crippen LogP contribution < -0.4 is 0 Å². The highest BCUT2D eigenvalue weighted by Crippen LogP contribution is 2.42. The van der Waals surface area contributed by atoms with Gasteiger partial charge in [-0.25, -0.2) is 19.6 Å². The van der Waals surface area contributed by atoms with Crippen LogP contribution in [-0.4, -0.2) is 22.6 Å². The molecule has 262 valence electrons. The van der Waals surface area contributed by atoms with Crippen molar-refractivity contribution < 1.29 is 24.3 Å². The second-order valence-electron chi connectivity index (χ2n) is 16.8. The summed E-state index contributed by atoms with van der Waals surface area (Å²) in [6.45, 7) is 34.4. The predicted molar refractivity (Wildman–Crippen MR) is 190 cm³/mol. The Morgan fingerprint density at radius 1 is 0.644 bits per heavy atom. The molecule has 1 atom stereocenters. The molecule has 1 rings (SSSR count). The highest BCUT2D eigenvalue weighted by atomic mass is 17.2. The lowest BCUT2D eigenvalue weighted by Gasteiger charge is -2.38. The number of unbranched alkanes of at least 4 members (excludes halogenated alkanes) is 2. The smallest absolute Gasteiger partial charge is 0.198 e. The Balaban J connectivity index is 3.88. The van der Waals surface area contributed by atoms with Crippen LogP contribution in [0.2, 0.25) is 0 Å². The third-order valence-electron chi connectivity index (χ3n) is 8.92. The van der Waals surface area contributed by atoms with Crippen molar-refractivity contribution in [2.75, 3.05) is 0 Å². The highest BCUT2D eigenvalue weighted by Gasteiger charge is 2.45. The lowest BCUT2D eigenvalue weighted by atomic mass is 9.75. The molecule has 0 fully saturated rings. The molecule has 0 amide bonds. The van der Waals surface area contributed by atoms with E-state index in [9.17, 15) is 0 Å². The van der Waals surface area contributed by atoms with Crippen LogP contribution in [0.5, 0.6) is 0 Å². The molecule has 0 bridgehead atoms. The van der Waals surface area contributed by atoms with Gasteiger partial charge in [-0.1, -0.05) is 120 Å². The van der Waals surface area contributed by atoms with Crippen molar-refractivity contribution in [3.05, 3.63) is 34.4 Å². The maximum atomic E-state index is 15.2. The van der Waals surface area contributed by atoms with Gasteiger partial charge in [0.1, 0.15) is 5.60 Å². The van der Waals surface area contributed by atoms with Crippen LogP contribution in [-0.2, 0) is 25.2 Å². The van der Waals surface area contributed by atoms with Gasteiger partial charge in [0.25, 0.3) is 0 Å². The fourth-order valence-electron chi connectivity index (χ4n) is 6.45. The molecule has 0 aromatic heterocycles. The zero-order valence-electron chi connectivity index (χ0n) is 32.4. The summed E-state index contributed by atoms with van der Waals surface area (Å²) in [5, 5.41) is 0. The van der Waals surface area contributed by atoms with E-state index in [1.54, 1.807) is 0 Å². The van der Waals surface area contributed by atoms with Crippen LogP contribution in [0.3, 0.4) is 0 Å². The van der Waals surface area contributed by atoms with E-state index in [0.717, 1.165) is 73.6 Å². The Morgan fingerprint density at radius 3 is 1.49 bits per heavy atom. The minimum absolute atomic E-state index is 0.0531. The molecule has 0 saturated heterocycles. The van der Waals surface area contributed by atoms with Crippen LogP contribution in [0, 0.1) is 5.41 Å². The molecule has 0 aliphatic heterocycles. The van der Waals surface area contributed by atoms with Crippen LogP contribution in [0.25, 0.3) is 0 Å². The largest absolute Gasteiger partial charge is 0.291 e. The minimum Gasteiger partial charge on any atom is -0.291 e. The van der Waals surface area contributed by atoms with Crippen molar-refractivity contribution in [3.63, 3.8) is 0 Å². The predicted octanol–water partition coefficient (Wildman–Crippen LogP) is 12.6. The van der Waals surface area contributed by atoms with Crippen LogP contribution >= 0.6 is 0 Å². The number of carbonyl (C=O) groups excluding carboxylic acids is 1. The van der Waals surface area contributed by atoms with Gasteiger partial charge in [0.15, 0.2) is 11.4 Å². The zero-order chi connectivity index (χ0) is 34.9. The molecule has 45 heavy (non-hydrogen) atoms. The molecule has 0 radical (unpaired) electrons. The molecule has 0 aliphatic carbocycles. The highest BCUT2D eigenvalue weighted by molar-refractivity contribution is 6.05. The van der Waals surface area contributed by atoms with Crippen LogP contribution in [0.1, 0.15) is 214 Å². The summed E-state index contributed by atoms with van der Waals surface area (Å²) >= 11 is 0. The van der Waals surface area contributed by atoms with Gasteiger partial charge < -0.3 is 0 Å². The second kappa shape index (κ2) is 17.2. The van der Waals surface area contributed by atoms with E-state index in [0.29, 0.717) is 12.8 Å². The Morgan fingerprint density at radius 2 is 1.11 bits per heavy atom. The van der Waals surface area contributed by atoms with Gasteiger partial charge in [-0.05, 0) is 101 Å². The van der Waals surface area contributed by atoms with Gasteiger partial charge in [0.05, 0.1) is 11.2 Å². The molecule has 1 aromatic rings. The molecule has 1 unspecified atom stereocenters. The first-order chi connectivity index (χ1) is 20.6. The third kappa shape index (κ3) is 12.4. The lowest BCUT2D eigenvalue weighted by Crippen LogP contribution is -2.45. The topological polar surface area (TPSA) is 54.0 Å². The summed E-state index contributed by atoms with van der Waals surface area (Å²) in [6.07, 6.45) is 8.42. The van der Waals surface area contributed by atoms with Crippen molar-refractivity contribution in [2.45, 2.75) is 209 Å². The number of ketones is 1. The Kier molecular flexibility index (Phi) is 16.0. The maximum Gasteiger partial charge on any atom is 0.198 e. The fourth-order valence-corrected chi connectivity index (χ4v) is 6.45. The average Bonchev–Trinajstić information content (AvgIpc) is 2.93. The first kappa shape index (κ1) is 41.8. The molecular weight excluding hydrogens is 560 g/mol. The molecule has 0 saturated carbocycles. The summed E-state index contributed by atoms with van der Waals surface area (Å²) in [4.78, 5) is 40.5. The number of Topliss-reactive ketones (excluding diaryl/α,β-unsaturated/α-hetero) is 1. The summed E-state index contributed by atoms with van der Waals surface area (Å²) in [6, 6.07) is 4.39. The van der Waals surface area contributed by atoms with Crippen LogP contribution in [0.4, 0.5) is 0 Å². The van der Waals surface area contributed by atoms with Crippen molar-refractivity contribution >= 4 is 5.78 Å². The van der Waals surface area contributed by atoms with Gasteiger partial charge in [-0.2, -0.15) is 0 Å². The number of rotatable bonds is 21. The molecule has 5 nitrogen and oxygen atoms in total. The van der Waals surface area contributed by atoms with Gasteiger partial charge in [-0.3, -0.25) is 4.79 Å². The van der Waals surface area contributed by atoms with Gasteiger partial charge in [0, 0.05) is 5.56 Å². The number of benzene rings is 1. The molecule has 5 heteroatoms. The Bertz CT molecular complexity index is 1010. The number of hydrogen-bond acceptors (Lipinski definition) is 5. The monoisotopic (exact) mass is 633 g/mol. The standard InChI is InChI=1S/C40H72O5/c1-17-21-24-40(25-22-18-2,45-42-37(12,13)23-19-3)35(41)34-32(29(5)6)26-31(27-33(34)30(7)8)39(16,20-4)44-43-38(14,15)28-36(9,10)11/h26-27,29-30H,17-25,28H2,1-16H3. The van der Waals surface area contributed by atoms with E-state index in [1.165, 1.54) is 0 Å². The van der Waals surface area contributed by atoms with E-state index in [4.69, 9.17) is 19.6 Å². The molecule has 0 N–H and O–H groups in total. The van der Waals surface area contributed by atoms with E-state index in [-0.39, 0.29) is 23.0 Å². The number of carbonyl (C=O) groups is 1. The molecule has 0 heterocycles. The van der Waals surface area contributed by atoms with E-state index in [1.807, 2.05) is 0 Å². The van der Waals surface area contributed by atoms with E-state index >= 15 is 4.79 Å². The van der Waals surface area contributed by atoms with Gasteiger partial charge >= 0.3 is 0 Å². The van der Waals surface area contributed by atoms with Crippen molar-refractivity contribution in [1.82, 2.24) is 0 Å². The minimum atomic E-state index is -1.05. The maximum absolute atomic E-state index is 15.2. The SMILES string of the molecule is CCCCC(CCCC)(OOC(C)(C)CCC)C(=O)c1c(C(C)C)cc(C(C)(CC)OOC(C)(C)CC(C)(C)C)cc1C(C)C. The Labute approximate surface area is 278 Å². The fraction of sp³-hybridized carbons (Fsp3) is 0.825. The normalized spacial score (nSPS) is 14.8. The summed E-state index contributed by atoms with van der Waals surface area (Å²) in [5.41, 5.74) is 1.34. The van der Waals surface area contributed by atoms with E-state index in [2.05, 4.69) is 123 Å². The quantitative estimate of drug-likeness (QED) is 0.0766. The van der Waals surface area contributed by atoms with Gasteiger partial charge in [0.2, 0.25) is 0 Å². The summed E-state index contributed by atoms with van der Waals surface area (Å²) in [7, 11) is 0. The first-order valence-corrected chi connectivity index (χ1v) is 18.1. The molecule has 0 aliphatic rings. The van der Waals surface area contributed by atoms with Crippen molar-refractivity contribution in [1.29, 1.82) is 0 Å². The second-order valence-corrected chi connectivity index (χ2v) is 16.8. The molecule has 1 aromatic carbocycles. The van der Waals surface area contributed by atoms with Crippen molar-refractivity contribution in [2.24, 2.45) is 5.41 Å². The third-order valence-corrected chi connectivity index (χ3v) is 8.92. The lowest BCUT2D eigenvalue weighted by molar-refractivity contribution is -0.413. The average molecular weight is 633 g/mol. The summed E-state index contributed by atoms with van der Waals surface area (Å²) in [5.74, 6) is 0.291. The first-order valence-electron chi connectivity index (χ1n) is 18.1. The zero-order valence-corrected chi connectivity index (χ0v) is 32.4. The number of hydrogen-bond donors (Lipinski definition) is 0. The molecular formula is C40H72O5. The van der Waals surface area contributed by atoms with Gasteiger partial charge in [-0.15, -0.1) is 0 Å². The molecule has 0 spiro atoms. The van der Waals surface area contributed by atoms with Crippen molar-refractivity contribution in [3.8, 4) is 0 Å². The Hall–Kier alpha value is -1.27.